The zero-order valence-electron chi connectivity index (χ0n) is 20.3. The number of halogens is 6. The molecule has 2 heterocycles. The Labute approximate surface area is 216 Å². The van der Waals surface area contributed by atoms with Gasteiger partial charge < -0.3 is 14.8 Å². The molecular weight excluding hydrogens is 534 g/mol. The number of methoxy groups -OCH3 is 2. The molecule has 2 aromatic carbocycles. The highest BCUT2D eigenvalue weighted by molar-refractivity contribution is 5.82. The Morgan fingerprint density at radius 3 is 2.21 bits per heavy atom. The smallest absolute Gasteiger partial charge is 0.433 e. The Morgan fingerprint density at radius 1 is 0.949 bits per heavy atom. The predicted molar refractivity (Wildman–Crippen MR) is 126 cm³/mol. The van der Waals surface area contributed by atoms with Crippen molar-refractivity contribution in [3.8, 4) is 22.6 Å². The second-order valence-electron chi connectivity index (χ2n) is 8.32. The number of carbonyl (C=O) groups excluding carboxylic acids is 1. The molecule has 0 aliphatic carbocycles. The zero-order valence-corrected chi connectivity index (χ0v) is 20.3. The van der Waals surface area contributed by atoms with Gasteiger partial charge in [0.1, 0.15) is 5.69 Å². The van der Waals surface area contributed by atoms with Gasteiger partial charge in [0.15, 0.2) is 17.1 Å². The van der Waals surface area contributed by atoms with Crippen LogP contribution in [0.3, 0.4) is 0 Å². The first-order valence-corrected chi connectivity index (χ1v) is 11.2. The number of aromatic nitrogens is 3. The molecular formula is C25H20F6N4O4. The van der Waals surface area contributed by atoms with E-state index < -0.39 is 40.6 Å². The number of hydrogen-bond donors (Lipinski definition) is 2. The quantitative estimate of drug-likeness (QED) is 0.326. The number of hydrogen-bond acceptors (Lipinski definition) is 5. The van der Waals surface area contributed by atoms with E-state index in [2.05, 4.69) is 15.4 Å². The van der Waals surface area contributed by atoms with Crippen LogP contribution < -0.4 is 20.3 Å². The highest BCUT2D eigenvalue weighted by Crippen LogP contribution is 2.40. The van der Waals surface area contributed by atoms with Crippen LogP contribution in [0.4, 0.5) is 26.3 Å². The Kier molecular flexibility index (Phi) is 7.31. The van der Waals surface area contributed by atoms with Crippen LogP contribution >= 0.6 is 0 Å². The summed E-state index contributed by atoms with van der Waals surface area (Å²) in [6, 6.07) is 9.03. The molecule has 0 fully saturated rings. The highest BCUT2D eigenvalue weighted by Gasteiger charge is 2.38. The molecule has 2 aromatic heterocycles. The van der Waals surface area contributed by atoms with Crippen molar-refractivity contribution in [2.24, 2.45) is 0 Å². The fraction of sp³-hybridized carbons (Fsp3) is 0.240. The van der Waals surface area contributed by atoms with Crippen molar-refractivity contribution in [1.29, 1.82) is 0 Å². The summed E-state index contributed by atoms with van der Waals surface area (Å²) in [5.74, 6) is -0.172. The molecule has 1 amide bonds. The van der Waals surface area contributed by atoms with Crippen LogP contribution in [0, 0.1) is 0 Å². The highest BCUT2D eigenvalue weighted by atomic mass is 19.4. The second kappa shape index (κ2) is 10.3. The number of ether oxygens (including phenoxy) is 2. The van der Waals surface area contributed by atoms with Gasteiger partial charge in [0.25, 0.3) is 5.56 Å². The SMILES string of the molecule is COc1ccc(-c2c(C(F)(F)F)[nH]n3c(=O)cc(CNC(=O)Cc4ccc(C(F)(F)F)cc4)nc23)cc1OC. The molecule has 4 aromatic rings. The minimum absolute atomic E-state index is 0.0322. The average molecular weight is 554 g/mol. The van der Waals surface area contributed by atoms with Gasteiger partial charge in [-0.15, -0.1) is 0 Å². The molecule has 0 atom stereocenters. The Hall–Kier alpha value is -4.49. The van der Waals surface area contributed by atoms with Crippen LogP contribution in [0.5, 0.6) is 11.5 Å². The van der Waals surface area contributed by atoms with E-state index >= 15 is 0 Å². The first-order valence-electron chi connectivity index (χ1n) is 11.2. The third kappa shape index (κ3) is 5.84. The van der Waals surface area contributed by atoms with Gasteiger partial charge in [-0.25, -0.2) is 9.50 Å². The maximum Gasteiger partial charge on any atom is 0.433 e. The van der Waals surface area contributed by atoms with E-state index in [1.807, 2.05) is 0 Å². The standard InChI is InChI=1S/C25H20F6N4O4/c1-38-17-8-5-14(10-18(17)39-2)21-22(25(29,30)31)34-35-20(37)11-16(33-23(21)35)12-32-19(36)9-13-3-6-15(7-4-13)24(26,27)28/h3-8,10-11,34H,9,12H2,1-2H3,(H,32,36). The van der Waals surface area contributed by atoms with Crippen molar-refractivity contribution in [2.75, 3.05) is 14.2 Å². The summed E-state index contributed by atoms with van der Waals surface area (Å²) in [5, 5.41) is 4.53. The van der Waals surface area contributed by atoms with Gasteiger partial charge in [0, 0.05) is 6.07 Å². The third-order valence-electron chi connectivity index (χ3n) is 5.74. The number of nitrogens with zero attached hydrogens (tertiary/aromatic N) is 2. The molecule has 14 heteroatoms. The molecule has 0 saturated heterocycles. The fourth-order valence-corrected chi connectivity index (χ4v) is 3.89. The number of carbonyl (C=O) groups is 1. The van der Waals surface area contributed by atoms with Gasteiger partial charge in [0.2, 0.25) is 5.91 Å². The summed E-state index contributed by atoms with van der Waals surface area (Å²) in [6.07, 6.45) is -9.66. The Morgan fingerprint density at radius 2 is 1.62 bits per heavy atom. The van der Waals surface area contributed by atoms with Gasteiger partial charge in [-0.1, -0.05) is 18.2 Å². The zero-order chi connectivity index (χ0) is 28.5. The molecule has 206 valence electrons. The number of benzene rings is 2. The van der Waals surface area contributed by atoms with E-state index in [0.717, 1.165) is 30.3 Å². The van der Waals surface area contributed by atoms with Crippen LogP contribution in [-0.4, -0.2) is 34.7 Å². The lowest BCUT2D eigenvalue weighted by molar-refractivity contribution is -0.141. The van der Waals surface area contributed by atoms with Crippen molar-refractivity contribution < 1.29 is 40.6 Å². The number of amides is 1. The van der Waals surface area contributed by atoms with Crippen LogP contribution in [0.25, 0.3) is 16.8 Å². The topological polar surface area (TPSA) is 97.7 Å². The first-order chi connectivity index (χ1) is 18.3. The van der Waals surface area contributed by atoms with Gasteiger partial charge in [0.05, 0.1) is 44.0 Å². The molecule has 0 aliphatic heterocycles. The summed E-state index contributed by atoms with van der Waals surface area (Å²) in [5.41, 5.74) is -3.39. The minimum Gasteiger partial charge on any atom is -0.493 e. The largest absolute Gasteiger partial charge is 0.493 e. The predicted octanol–water partition coefficient (Wildman–Crippen LogP) is 4.60. The molecule has 8 nitrogen and oxygen atoms in total. The second-order valence-corrected chi connectivity index (χ2v) is 8.32. The van der Waals surface area contributed by atoms with Crippen LogP contribution in [0.15, 0.2) is 53.3 Å². The summed E-state index contributed by atoms with van der Waals surface area (Å²) in [6.45, 7) is -0.316. The van der Waals surface area contributed by atoms with Crippen LogP contribution in [0.2, 0.25) is 0 Å². The molecule has 0 saturated carbocycles. The van der Waals surface area contributed by atoms with E-state index in [-0.39, 0.29) is 41.4 Å². The normalized spacial score (nSPS) is 12.0. The summed E-state index contributed by atoms with van der Waals surface area (Å²) < 4.78 is 90.9. The van der Waals surface area contributed by atoms with E-state index in [4.69, 9.17) is 9.47 Å². The van der Waals surface area contributed by atoms with Crippen LogP contribution in [0.1, 0.15) is 22.5 Å². The Balaban J connectivity index is 1.65. The van der Waals surface area contributed by atoms with E-state index in [1.54, 1.807) is 0 Å². The van der Waals surface area contributed by atoms with E-state index in [9.17, 15) is 35.9 Å². The van der Waals surface area contributed by atoms with E-state index in [1.165, 1.54) is 32.4 Å². The molecule has 0 aliphatic rings. The lowest BCUT2D eigenvalue weighted by Crippen LogP contribution is -2.26. The minimum atomic E-state index is -4.88. The molecule has 0 unspecified atom stereocenters. The maximum absolute atomic E-state index is 13.9. The number of fused-ring (bicyclic) bond motifs is 1. The lowest BCUT2D eigenvalue weighted by atomic mass is 10.0. The van der Waals surface area contributed by atoms with Crippen molar-refractivity contribution in [3.05, 3.63) is 81.4 Å². The van der Waals surface area contributed by atoms with Gasteiger partial charge in [-0.2, -0.15) is 26.3 Å². The van der Waals surface area contributed by atoms with Crippen molar-refractivity contribution in [2.45, 2.75) is 25.3 Å². The first kappa shape index (κ1) is 27.5. The molecule has 2 N–H and O–H groups in total. The molecule has 39 heavy (non-hydrogen) atoms. The molecule has 0 radical (unpaired) electrons. The van der Waals surface area contributed by atoms with Crippen molar-refractivity contribution in [1.82, 2.24) is 19.9 Å². The maximum atomic E-state index is 13.9. The number of nitrogens with one attached hydrogen (secondary N) is 2. The summed E-state index contributed by atoms with van der Waals surface area (Å²) >= 11 is 0. The number of alkyl halides is 6. The molecule has 0 bridgehead atoms. The van der Waals surface area contributed by atoms with Gasteiger partial charge >= 0.3 is 12.4 Å². The number of H-pyrrole nitrogens is 1. The molecule has 0 spiro atoms. The van der Waals surface area contributed by atoms with Gasteiger partial charge in [-0.05, 0) is 35.4 Å². The number of rotatable bonds is 7. The number of aromatic amines is 1. The summed E-state index contributed by atoms with van der Waals surface area (Å²) in [7, 11) is 2.68. The average Bonchev–Trinajstić information content (AvgIpc) is 3.27. The monoisotopic (exact) mass is 554 g/mol. The van der Waals surface area contributed by atoms with Crippen molar-refractivity contribution in [3.63, 3.8) is 0 Å². The lowest BCUT2D eigenvalue weighted by Gasteiger charge is -2.11. The third-order valence-corrected chi connectivity index (χ3v) is 5.74. The van der Waals surface area contributed by atoms with Gasteiger partial charge in [-0.3, -0.25) is 14.7 Å². The fourth-order valence-electron chi connectivity index (χ4n) is 3.89. The molecule has 4 rings (SSSR count). The summed E-state index contributed by atoms with van der Waals surface area (Å²) in [4.78, 5) is 29.2. The van der Waals surface area contributed by atoms with Crippen LogP contribution in [-0.2, 0) is 30.1 Å². The van der Waals surface area contributed by atoms with Crippen molar-refractivity contribution >= 4 is 11.6 Å². The Bertz CT molecular complexity index is 1570. The van der Waals surface area contributed by atoms with E-state index in [0.29, 0.717) is 10.1 Å².